The zero-order valence-corrected chi connectivity index (χ0v) is 20.3. The third kappa shape index (κ3) is 6.19. The van der Waals surface area contributed by atoms with Crippen LogP contribution in [0.25, 0.3) is 0 Å². The lowest BCUT2D eigenvalue weighted by atomic mass is 10.1. The van der Waals surface area contributed by atoms with Crippen LogP contribution in [0, 0.1) is 13.8 Å². The molecular weight excluding hydrogens is 448 g/mol. The maximum atomic E-state index is 12.8. The van der Waals surface area contributed by atoms with Crippen LogP contribution in [-0.2, 0) is 14.3 Å². The fourth-order valence-corrected chi connectivity index (χ4v) is 4.25. The molecule has 0 bridgehead atoms. The van der Waals surface area contributed by atoms with E-state index in [0.717, 1.165) is 30.6 Å². The summed E-state index contributed by atoms with van der Waals surface area (Å²) in [6.07, 6.45) is 2.89. The summed E-state index contributed by atoms with van der Waals surface area (Å²) < 4.78 is 16.8. The fraction of sp³-hybridized carbons (Fsp3) is 0.444. The van der Waals surface area contributed by atoms with Crippen LogP contribution >= 0.6 is 0 Å². The van der Waals surface area contributed by atoms with Crippen LogP contribution in [0.3, 0.4) is 0 Å². The second-order valence-corrected chi connectivity index (χ2v) is 8.97. The molecule has 2 heterocycles. The van der Waals surface area contributed by atoms with Crippen LogP contribution < -0.4 is 19.7 Å². The van der Waals surface area contributed by atoms with Gasteiger partial charge in [0.1, 0.15) is 11.5 Å². The van der Waals surface area contributed by atoms with Gasteiger partial charge in [0.05, 0.1) is 11.8 Å². The largest absolute Gasteiger partial charge is 0.485 e. The Morgan fingerprint density at radius 3 is 2.86 bits per heavy atom. The van der Waals surface area contributed by atoms with Crippen molar-refractivity contribution in [2.24, 2.45) is 0 Å². The van der Waals surface area contributed by atoms with Crippen molar-refractivity contribution in [1.82, 2.24) is 5.32 Å². The number of fused-ring (bicyclic) bond motifs is 1. The van der Waals surface area contributed by atoms with Crippen molar-refractivity contribution in [2.75, 3.05) is 37.8 Å². The minimum absolute atomic E-state index is 0.0612. The van der Waals surface area contributed by atoms with E-state index in [1.54, 1.807) is 23.1 Å². The summed E-state index contributed by atoms with van der Waals surface area (Å²) in [5.41, 5.74) is 3.07. The fourth-order valence-electron chi connectivity index (χ4n) is 4.25. The highest BCUT2D eigenvalue weighted by Gasteiger charge is 2.27. The quantitative estimate of drug-likeness (QED) is 0.524. The first-order chi connectivity index (χ1) is 16.9. The van der Waals surface area contributed by atoms with Crippen molar-refractivity contribution in [2.45, 2.75) is 45.6 Å². The molecule has 0 saturated carbocycles. The van der Waals surface area contributed by atoms with Crippen molar-refractivity contribution >= 4 is 23.3 Å². The highest BCUT2D eigenvalue weighted by Crippen LogP contribution is 2.33. The number of nitrogens with zero attached hydrogens (tertiary/aromatic N) is 1. The number of aryl methyl sites for hydroxylation is 1. The van der Waals surface area contributed by atoms with Gasteiger partial charge >= 0.3 is 0 Å². The number of hydrogen-bond donors (Lipinski definition) is 1. The number of rotatable bonds is 10. The molecule has 2 aliphatic rings. The molecule has 1 unspecified atom stereocenters. The molecule has 1 N–H and O–H groups in total. The molecule has 4 rings (SSSR count). The molecule has 8 heteroatoms. The van der Waals surface area contributed by atoms with Gasteiger partial charge in [-0.15, -0.1) is 0 Å². The minimum Gasteiger partial charge on any atom is -0.485 e. The van der Waals surface area contributed by atoms with Crippen molar-refractivity contribution in [3.63, 3.8) is 0 Å². The van der Waals surface area contributed by atoms with E-state index in [1.807, 2.05) is 32.0 Å². The Kier molecular flexibility index (Phi) is 8.02. The molecule has 0 aliphatic carbocycles. The number of ether oxygens (including phenoxy) is 3. The molecule has 2 aromatic rings. The van der Waals surface area contributed by atoms with Crippen LogP contribution in [0.4, 0.5) is 5.69 Å². The minimum atomic E-state index is -0.200. The molecule has 2 amide bonds. The van der Waals surface area contributed by atoms with Gasteiger partial charge in [-0.2, -0.15) is 0 Å². The van der Waals surface area contributed by atoms with Gasteiger partial charge in [0.25, 0.3) is 5.91 Å². The second kappa shape index (κ2) is 11.4. The van der Waals surface area contributed by atoms with Gasteiger partial charge in [0, 0.05) is 31.7 Å². The van der Waals surface area contributed by atoms with E-state index < -0.39 is 0 Å². The van der Waals surface area contributed by atoms with Gasteiger partial charge in [0.15, 0.2) is 19.0 Å². The number of Topliss-reactive ketones (excluding diaryl/α,β-unsaturated/α-hetero) is 1. The van der Waals surface area contributed by atoms with Crippen LogP contribution in [0.5, 0.6) is 11.5 Å². The lowest BCUT2D eigenvalue weighted by Crippen LogP contribution is -2.40. The third-order valence-electron chi connectivity index (χ3n) is 6.47. The third-order valence-corrected chi connectivity index (χ3v) is 6.47. The van der Waals surface area contributed by atoms with Gasteiger partial charge in [-0.25, -0.2) is 0 Å². The number of amides is 2. The van der Waals surface area contributed by atoms with Crippen molar-refractivity contribution in [3.05, 3.63) is 53.1 Å². The van der Waals surface area contributed by atoms with Crippen molar-refractivity contribution in [1.29, 1.82) is 0 Å². The molecular formula is C27H32N2O6. The van der Waals surface area contributed by atoms with Gasteiger partial charge in [-0.05, 0) is 68.5 Å². The predicted molar refractivity (Wildman–Crippen MR) is 131 cm³/mol. The van der Waals surface area contributed by atoms with Crippen LogP contribution in [0.1, 0.15) is 47.2 Å². The number of carbonyl (C=O) groups excluding carboxylic acids is 3. The van der Waals surface area contributed by atoms with E-state index in [0.29, 0.717) is 48.7 Å². The first-order valence-corrected chi connectivity index (χ1v) is 12.1. The molecule has 1 saturated heterocycles. The lowest BCUT2D eigenvalue weighted by Gasteiger charge is -2.29. The molecule has 186 valence electrons. The Morgan fingerprint density at radius 2 is 2.06 bits per heavy atom. The SMILES string of the molecule is Cc1cccc(OCC(=O)c2ccc3c(c2)N(CCCC(=O)NCC2CCCO2)C(=O)CO3)c1C. The van der Waals surface area contributed by atoms with E-state index in [9.17, 15) is 14.4 Å². The summed E-state index contributed by atoms with van der Waals surface area (Å²) in [7, 11) is 0. The summed E-state index contributed by atoms with van der Waals surface area (Å²) in [4.78, 5) is 39.2. The van der Waals surface area contributed by atoms with E-state index in [2.05, 4.69) is 5.32 Å². The zero-order chi connectivity index (χ0) is 24.8. The Hall–Kier alpha value is -3.39. The van der Waals surface area contributed by atoms with Crippen molar-refractivity contribution in [3.8, 4) is 11.5 Å². The standard InChI is InChI=1S/C27H32N2O6/c1-18-6-3-8-24(19(18)2)34-16-23(30)20-10-11-25-22(14-20)29(27(32)17-35-25)12-4-9-26(31)28-15-21-7-5-13-33-21/h3,6,8,10-11,14,21H,4-5,7,9,12-13,15-17H2,1-2H3,(H,28,31). The van der Waals surface area contributed by atoms with Crippen LogP contribution in [0.15, 0.2) is 36.4 Å². The van der Waals surface area contributed by atoms with E-state index in [4.69, 9.17) is 14.2 Å². The summed E-state index contributed by atoms with van der Waals surface area (Å²) in [5, 5.41) is 2.90. The lowest BCUT2D eigenvalue weighted by molar-refractivity contribution is -0.123. The van der Waals surface area contributed by atoms with Gasteiger partial charge < -0.3 is 24.4 Å². The average Bonchev–Trinajstić information content (AvgIpc) is 3.38. The van der Waals surface area contributed by atoms with E-state index in [1.165, 1.54) is 0 Å². The molecule has 2 aromatic carbocycles. The van der Waals surface area contributed by atoms with Crippen molar-refractivity contribution < 1.29 is 28.6 Å². The summed E-state index contributed by atoms with van der Waals surface area (Å²) in [6.45, 7) is 5.41. The molecule has 8 nitrogen and oxygen atoms in total. The first kappa shape index (κ1) is 24.7. The number of ketones is 1. The topological polar surface area (TPSA) is 94.2 Å². The molecule has 0 aromatic heterocycles. The van der Waals surface area contributed by atoms with Crippen LogP contribution in [0.2, 0.25) is 0 Å². The molecule has 1 fully saturated rings. The van der Waals surface area contributed by atoms with E-state index >= 15 is 0 Å². The molecule has 2 aliphatic heterocycles. The molecule has 1 atom stereocenters. The molecule has 35 heavy (non-hydrogen) atoms. The Morgan fingerprint density at radius 1 is 1.20 bits per heavy atom. The van der Waals surface area contributed by atoms with Gasteiger partial charge in [-0.3, -0.25) is 14.4 Å². The Balaban J connectivity index is 1.35. The van der Waals surface area contributed by atoms with Gasteiger partial charge in [0.2, 0.25) is 5.91 Å². The Bertz CT molecular complexity index is 1090. The number of anilines is 1. The molecule has 0 radical (unpaired) electrons. The number of nitrogens with one attached hydrogen (secondary N) is 1. The molecule has 0 spiro atoms. The highest BCUT2D eigenvalue weighted by molar-refractivity contribution is 6.02. The van der Waals surface area contributed by atoms with Crippen LogP contribution in [-0.4, -0.2) is 56.6 Å². The Labute approximate surface area is 205 Å². The maximum Gasteiger partial charge on any atom is 0.265 e. The predicted octanol–water partition coefficient (Wildman–Crippen LogP) is 3.37. The van der Waals surface area contributed by atoms with Gasteiger partial charge in [-0.1, -0.05) is 12.1 Å². The number of hydrogen-bond acceptors (Lipinski definition) is 6. The second-order valence-electron chi connectivity index (χ2n) is 8.97. The summed E-state index contributed by atoms with van der Waals surface area (Å²) in [6, 6.07) is 10.8. The number of benzene rings is 2. The highest BCUT2D eigenvalue weighted by atomic mass is 16.5. The zero-order valence-electron chi connectivity index (χ0n) is 20.3. The summed E-state index contributed by atoms with van der Waals surface area (Å²) in [5.74, 6) is 0.760. The monoisotopic (exact) mass is 480 g/mol. The number of carbonyl (C=O) groups is 3. The summed E-state index contributed by atoms with van der Waals surface area (Å²) >= 11 is 0. The van der Waals surface area contributed by atoms with E-state index in [-0.39, 0.29) is 36.9 Å². The smallest absolute Gasteiger partial charge is 0.265 e. The normalized spacial score (nSPS) is 17.0. The average molecular weight is 481 g/mol. The maximum absolute atomic E-state index is 12.8. The first-order valence-electron chi connectivity index (χ1n) is 12.1.